The number of hydrogen-bond donors (Lipinski definition) is 1. The molecule has 0 bridgehead atoms. The van der Waals surface area contributed by atoms with Gasteiger partial charge < -0.3 is 5.11 Å². The highest BCUT2D eigenvalue weighted by molar-refractivity contribution is 5.77. The maximum Gasteiger partial charge on any atom is 0.310 e. The van der Waals surface area contributed by atoms with Crippen LogP contribution in [0.15, 0.2) is 12.1 Å². The van der Waals surface area contributed by atoms with Gasteiger partial charge in [-0.05, 0) is 36.1 Å². The first kappa shape index (κ1) is 9.12. The second kappa shape index (κ2) is 3.04. The summed E-state index contributed by atoms with van der Waals surface area (Å²) in [4.78, 5) is 10.7. The third-order valence-corrected chi connectivity index (χ3v) is 2.56. The molecule has 1 aromatic carbocycles. The lowest BCUT2D eigenvalue weighted by atomic mass is 10.0. The lowest BCUT2D eigenvalue weighted by Gasteiger charge is -2.05. The molecule has 0 amide bonds. The number of carboxylic acids is 1. The van der Waals surface area contributed by atoms with Crippen molar-refractivity contribution in [1.82, 2.24) is 0 Å². The number of aliphatic carboxylic acids is 1. The van der Waals surface area contributed by atoms with E-state index in [0.717, 1.165) is 12.1 Å². The van der Waals surface area contributed by atoms with E-state index in [0.29, 0.717) is 24.0 Å². The number of rotatable bonds is 1. The zero-order valence-electron chi connectivity index (χ0n) is 7.26. The predicted octanol–water partition coefficient (Wildman–Crippen LogP) is 2.08. The highest BCUT2D eigenvalue weighted by Crippen LogP contribution is 2.34. The Morgan fingerprint density at radius 1 is 1.36 bits per heavy atom. The zero-order valence-corrected chi connectivity index (χ0v) is 7.26. The molecule has 1 aliphatic rings. The van der Waals surface area contributed by atoms with Gasteiger partial charge in [0.05, 0.1) is 5.92 Å². The summed E-state index contributed by atoms with van der Waals surface area (Å²) < 4.78 is 25.6. The van der Waals surface area contributed by atoms with E-state index < -0.39 is 23.5 Å². The maximum atomic E-state index is 12.8. The fraction of sp³-hybridized carbons (Fsp3) is 0.300. The summed E-state index contributed by atoms with van der Waals surface area (Å²) in [5.74, 6) is -3.54. The lowest BCUT2D eigenvalue weighted by Crippen LogP contribution is -2.08. The van der Waals surface area contributed by atoms with E-state index in [1.165, 1.54) is 0 Å². The average Bonchev–Trinajstić information content (AvgIpc) is 2.48. The van der Waals surface area contributed by atoms with Crippen molar-refractivity contribution in [3.8, 4) is 0 Å². The number of aryl methyl sites for hydroxylation is 1. The summed E-state index contributed by atoms with van der Waals surface area (Å²) in [6.07, 6.45) is 0.928. The minimum atomic E-state index is -0.977. The molecule has 0 saturated carbocycles. The summed E-state index contributed by atoms with van der Waals surface area (Å²) >= 11 is 0. The second-order valence-corrected chi connectivity index (χ2v) is 3.39. The molecule has 0 aromatic heterocycles. The van der Waals surface area contributed by atoms with Gasteiger partial charge in [-0.25, -0.2) is 8.78 Å². The molecule has 0 saturated heterocycles. The van der Waals surface area contributed by atoms with Gasteiger partial charge in [-0.3, -0.25) is 4.79 Å². The first-order valence-electron chi connectivity index (χ1n) is 4.30. The number of benzene rings is 1. The molecule has 0 aliphatic heterocycles. The van der Waals surface area contributed by atoms with E-state index in [1.807, 2.05) is 0 Å². The number of carboxylic acid groups (broad SMARTS) is 1. The van der Waals surface area contributed by atoms with Crippen LogP contribution in [0.4, 0.5) is 8.78 Å². The van der Waals surface area contributed by atoms with Crippen molar-refractivity contribution in [3.05, 3.63) is 34.9 Å². The molecule has 0 heterocycles. The number of carbonyl (C=O) groups is 1. The molecule has 2 nitrogen and oxygen atoms in total. The molecule has 1 N–H and O–H groups in total. The minimum absolute atomic E-state index is 0.413. The van der Waals surface area contributed by atoms with Crippen LogP contribution in [-0.2, 0) is 11.2 Å². The van der Waals surface area contributed by atoms with Gasteiger partial charge in [-0.1, -0.05) is 0 Å². The predicted molar refractivity (Wildman–Crippen MR) is 45.1 cm³/mol. The molecule has 1 aliphatic carbocycles. The lowest BCUT2D eigenvalue weighted by molar-refractivity contribution is -0.138. The molecule has 74 valence electrons. The van der Waals surface area contributed by atoms with Gasteiger partial charge in [-0.2, -0.15) is 0 Å². The van der Waals surface area contributed by atoms with E-state index in [9.17, 15) is 13.6 Å². The molecule has 2 rings (SSSR count). The van der Waals surface area contributed by atoms with E-state index in [4.69, 9.17) is 5.11 Å². The number of fused-ring (bicyclic) bond motifs is 1. The van der Waals surface area contributed by atoms with Crippen LogP contribution in [0.1, 0.15) is 23.5 Å². The van der Waals surface area contributed by atoms with Crippen LogP contribution in [-0.4, -0.2) is 11.1 Å². The smallest absolute Gasteiger partial charge is 0.310 e. The SMILES string of the molecule is O=C(O)[C@@H]1CCc2cc(F)c(F)cc21. The Labute approximate surface area is 79.2 Å². The molecule has 0 fully saturated rings. The maximum absolute atomic E-state index is 12.8. The molecule has 0 spiro atoms. The van der Waals surface area contributed by atoms with Crippen molar-refractivity contribution < 1.29 is 18.7 Å². The van der Waals surface area contributed by atoms with Crippen LogP contribution >= 0.6 is 0 Å². The fourth-order valence-corrected chi connectivity index (χ4v) is 1.86. The average molecular weight is 198 g/mol. The van der Waals surface area contributed by atoms with E-state index in [1.54, 1.807) is 0 Å². The molecule has 14 heavy (non-hydrogen) atoms. The van der Waals surface area contributed by atoms with Crippen molar-refractivity contribution in [1.29, 1.82) is 0 Å². The van der Waals surface area contributed by atoms with E-state index in [-0.39, 0.29) is 0 Å². The van der Waals surface area contributed by atoms with E-state index in [2.05, 4.69) is 0 Å². The normalized spacial score (nSPS) is 19.4. The van der Waals surface area contributed by atoms with E-state index >= 15 is 0 Å². The Hall–Kier alpha value is -1.45. The monoisotopic (exact) mass is 198 g/mol. The topological polar surface area (TPSA) is 37.3 Å². The third kappa shape index (κ3) is 1.27. The Kier molecular flexibility index (Phi) is 1.98. The summed E-state index contributed by atoms with van der Waals surface area (Å²) in [7, 11) is 0. The van der Waals surface area contributed by atoms with Crippen molar-refractivity contribution in [2.24, 2.45) is 0 Å². The van der Waals surface area contributed by atoms with Crippen LogP contribution < -0.4 is 0 Å². The van der Waals surface area contributed by atoms with Crippen LogP contribution in [0.3, 0.4) is 0 Å². The summed E-state index contributed by atoms with van der Waals surface area (Å²) in [6, 6.07) is 2.09. The van der Waals surface area contributed by atoms with Gasteiger partial charge >= 0.3 is 5.97 Å². The van der Waals surface area contributed by atoms with Crippen molar-refractivity contribution in [2.75, 3.05) is 0 Å². The molecular weight excluding hydrogens is 190 g/mol. The molecule has 1 aromatic rings. The van der Waals surface area contributed by atoms with Gasteiger partial charge in [0, 0.05) is 0 Å². The highest BCUT2D eigenvalue weighted by Gasteiger charge is 2.29. The summed E-state index contributed by atoms with van der Waals surface area (Å²) in [5, 5.41) is 8.80. The van der Waals surface area contributed by atoms with Crippen molar-refractivity contribution >= 4 is 5.97 Å². The molecule has 4 heteroatoms. The first-order valence-corrected chi connectivity index (χ1v) is 4.30. The number of hydrogen-bond acceptors (Lipinski definition) is 1. The second-order valence-electron chi connectivity index (χ2n) is 3.39. The fourth-order valence-electron chi connectivity index (χ4n) is 1.86. The van der Waals surface area contributed by atoms with Gasteiger partial charge in [0.15, 0.2) is 11.6 Å². The Morgan fingerprint density at radius 2 is 2.00 bits per heavy atom. The minimum Gasteiger partial charge on any atom is -0.481 e. The molecular formula is C10H8F2O2. The first-order chi connectivity index (χ1) is 6.59. The summed E-state index contributed by atoms with van der Waals surface area (Å²) in [5.41, 5.74) is 1.02. The van der Waals surface area contributed by atoms with Gasteiger partial charge in [-0.15, -0.1) is 0 Å². The molecule has 0 radical (unpaired) electrons. The molecule has 1 atom stereocenters. The van der Waals surface area contributed by atoms with Crippen LogP contribution in [0.2, 0.25) is 0 Å². The Balaban J connectivity index is 2.50. The standard InChI is InChI=1S/C10H8F2O2/c11-8-3-5-1-2-6(10(13)14)7(5)4-9(8)12/h3-4,6H,1-2H2,(H,13,14)/t6-/m1/s1. The third-order valence-electron chi connectivity index (χ3n) is 2.56. The Morgan fingerprint density at radius 3 is 2.64 bits per heavy atom. The van der Waals surface area contributed by atoms with Crippen LogP contribution in [0, 0.1) is 11.6 Å². The zero-order chi connectivity index (χ0) is 10.3. The summed E-state index contributed by atoms with van der Waals surface area (Å²) in [6.45, 7) is 0. The van der Waals surface area contributed by atoms with Crippen LogP contribution in [0.25, 0.3) is 0 Å². The van der Waals surface area contributed by atoms with Gasteiger partial charge in [0.1, 0.15) is 0 Å². The molecule has 0 unspecified atom stereocenters. The van der Waals surface area contributed by atoms with Crippen molar-refractivity contribution in [3.63, 3.8) is 0 Å². The van der Waals surface area contributed by atoms with Gasteiger partial charge in [0.2, 0.25) is 0 Å². The quantitative estimate of drug-likeness (QED) is 0.750. The Bertz CT molecular complexity index is 401. The number of halogens is 2. The highest BCUT2D eigenvalue weighted by atomic mass is 19.2. The van der Waals surface area contributed by atoms with Gasteiger partial charge in [0.25, 0.3) is 0 Å². The van der Waals surface area contributed by atoms with Crippen molar-refractivity contribution in [2.45, 2.75) is 18.8 Å². The van der Waals surface area contributed by atoms with Crippen LogP contribution in [0.5, 0.6) is 0 Å². The largest absolute Gasteiger partial charge is 0.481 e.